The maximum absolute atomic E-state index is 13.3. The molecule has 39 heavy (non-hydrogen) atoms. The lowest BCUT2D eigenvalue weighted by atomic mass is 9.79. The highest BCUT2D eigenvalue weighted by Crippen LogP contribution is 2.44. The summed E-state index contributed by atoms with van der Waals surface area (Å²) in [5.41, 5.74) is 4.90. The summed E-state index contributed by atoms with van der Waals surface area (Å²) in [4.78, 5) is 25.9. The van der Waals surface area contributed by atoms with E-state index < -0.39 is 12.6 Å². The number of amides is 1. The van der Waals surface area contributed by atoms with Crippen LogP contribution in [0.15, 0.2) is 111 Å². The molecular formula is C32H28N2O5. The van der Waals surface area contributed by atoms with E-state index in [1.807, 2.05) is 84.9 Å². The molecule has 0 N–H and O–H groups in total. The minimum absolute atomic E-state index is 0.00565. The van der Waals surface area contributed by atoms with Gasteiger partial charge in [-0.25, -0.2) is 5.01 Å². The summed E-state index contributed by atoms with van der Waals surface area (Å²) in [7, 11) is 0. The fourth-order valence-electron chi connectivity index (χ4n) is 5.36. The smallest absolute Gasteiger partial charge is 0.310 e. The molecule has 0 spiro atoms. The van der Waals surface area contributed by atoms with E-state index in [1.54, 1.807) is 12.5 Å². The fraction of sp³-hybridized carbons (Fsp3) is 0.219. The Bertz CT molecular complexity index is 1490. The summed E-state index contributed by atoms with van der Waals surface area (Å²) >= 11 is 0. The van der Waals surface area contributed by atoms with Gasteiger partial charge in [0.25, 0.3) is 5.91 Å². The Morgan fingerprint density at radius 1 is 0.923 bits per heavy atom. The predicted molar refractivity (Wildman–Crippen MR) is 146 cm³/mol. The average molecular weight is 521 g/mol. The zero-order chi connectivity index (χ0) is 26.6. The predicted octanol–water partition coefficient (Wildman–Crippen LogP) is 6.45. The van der Waals surface area contributed by atoms with Crippen LogP contribution in [0.2, 0.25) is 0 Å². The molecule has 0 saturated heterocycles. The average Bonchev–Trinajstić information content (AvgIpc) is 3.74. The molecule has 3 heterocycles. The largest absolute Gasteiger partial charge is 0.467 e. The number of rotatable bonds is 7. The lowest BCUT2D eigenvalue weighted by Crippen LogP contribution is -2.34. The van der Waals surface area contributed by atoms with E-state index in [1.165, 1.54) is 5.01 Å². The molecule has 7 nitrogen and oxygen atoms in total. The Morgan fingerprint density at radius 2 is 1.69 bits per heavy atom. The maximum atomic E-state index is 13.3. The molecule has 1 amide bonds. The van der Waals surface area contributed by atoms with Gasteiger partial charge in [0.15, 0.2) is 6.61 Å². The second-order valence-corrected chi connectivity index (χ2v) is 9.77. The first-order chi connectivity index (χ1) is 19.2. The number of hydrogen-bond donors (Lipinski definition) is 0. The van der Waals surface area contributed by atoms with Gasteiger partial charge in [-0.15, -0.1) is 0 Å². The summed E-state index contributed by atoms with van der Waals surface area (Å²) in [6, 6.07) is 24.8. The van der Waals surface area contributed by atoms with Crippen LogP contribution in [0.4, 0.5) is 0 Å². The number of fused-ring (bicyclic) bond motifs is 1. The van der Waals surface area contributed by atoms with Crippen molar-refractivity contribution in [3.05, 3.63) is 114 Å². The molecule has 1 saturated carbocycles. The molecule has 4 aromatic rings. The highest BCUT2D eigenvalue weighted by molar-refractivity contribution is 6.08. The van der Waals surface area contributed by atoms with Crippen molar-refractivity contribution in [3.63, 3.8) is 0 Å². The second kappa shape index (κ2) is 11.0. The molecule has 2 aromatic carbocycles. The molecule has 1 fully saturated rings. The Balaban J connectivity index is 1.14. The van der Waals surface area contributed by atoms with Gasteiger partial charge in [0.05, 0.1) is 24.7 Å². The third kappa shape index (κ3) is 5.34. The van der Waals surface area contributed by atoms with Crippen molar-refractivity contribution in [2.24, 2.45) is 11.0 Å². The minimum atomic E-state index is -0.465. The van der Waals surface area contributed by atoms with E-state index in [-0.39, 0.29) is 24.3 Å². The summed E-state index contributed by atoms with van der Waals surface area (Å²) in [5, 5.41) is 6.18. The van der Waals surface area contributed by atoms with E-state index in [0.29, 0.717) is 5.76 Å². The maximum Gasteiger partial charge on any atom is 0.310 e. The van der Waals surface area contributed by atoms with Gasteiger partial charge in [-0.3, -0.25) is 9.59 Å². The molecule has 1 aliphatic carbocycles. The summed E-state index contributed by atoms with van der Waals surface area (Å²) in [6.07, 6.45) is 7.99. The summed E-state index contributed by atoms with van der Waals surface area (Å²) in [5.74, 6) is 0.555. The molecule has 2 atom stereocenters. The van der Waals surface area contributed by atoms with Gasteiger partial charge in [-0.2, -0.15) is 5.10 Å². The van der Waals surface area contributed by atoms with Crippen LogP contribution in [0.3, 0.4) is 0 Å². The molecule has 2 aliphatic rings. The number of ether oxygens (including phenoxy) is 1. The first-order valence-electron chi connectivity index (χ1n) is 13.1. The van der Waals surface area contributed by atoms with E-state index in [4.69, 9.17) is 18.7 Å². The number of furan rings is 2. The number of nitrogens with zero attached hydrogens (tertiary/aromatic N) is 2. The molecule has 7 heteroatoms. The van der Waals surface area contributed by atoms with Crippen LogP contribution in [0.5, 0.6) is 0 Å². The van der Waals surface area contributed by atoms with Crippen LogP contribution in [-0.4, -0.2) is 29.2 Å². The Labute approximate surface area is 226 Å². The van der Waals surface area contributed by atoms with Gasteiger partial charge in [0.1, 0.15) is 17.6 Å². The Kier molecular flexibility index (Phi) is 6.95. The van der Waals surface area contributed by atoms with Gasteiger partial charge >= 0.3 is 5.97 Å². The highest BCUT2D eigenvalue weighted by Gasteiger charge is 2.45. The van der Waals surface area contributed by atoms with Crippen molar-refractivity contribution in [3.8, 4) is 11.1 Å². The SMILES string of the molecule is O=C(Cc1ccc(-c2ccccc2)cc1)OCC(=O)N1N=C2C(=Cc3ccco3)CCCC2C1c1ccco1. The minimum Gasteiger partial charge on any atom is -0.467 e. The molecule has 2 unspecified atom stereocenters. The van der Waals surface area contributed by atoms with Crippen molar-refractivity contribution >= 4 is 23.7 Å². The third-order valence-corrected chi connectivity index (χ3v) is 7.22. The van der Waals surface area contributed by atoms with Crippen molar-refractivity contribution < 1.29 is 23.2 Å². The molecule has 2 aromatic heterocycles. The number of carbonyl (C=O) groups excluding carboxylic acids is 2. The zero-order valence-corrected chi connectivity index (χ0v) is 21.4. The second-order valence-electron chi connectivity index (χ2n) is 9.77. The first kappa shape index (κ1) is 24.7. The lowest BCUT2D eigenvalue weighted by molar-refractivity contribution is -0.152. The number of carbonyl (C=O) groups is 2. The fourth-order valence-corrected chi connectivity index (χ4v) is 5.36. The van der Waals surface area contributed by atoms with Crippen molar-refractivity contribution in [1.29, 1.82) is 0 Å². The number of allylic oxidation sites excluding steroid dienone is 1. The summed E-state index contributed by atoms with van der Waals surface area (Å²) in [6.45, 7) is -0.390. The quantitative estimate of drug-likeness (QED) is 0.262. The highest BCUT2D eigenvalue weighted by atomic mass is 16.5. The van der Waals surface area contributed by atoms with Crippen LogP contribution in [0.1, 0.15) is 42.4 Å². The van der Waals surface area contributed by atoms with Gasteiger partial charge in [-0.05, 0) is 71.9 Å². The number of benzene rings is 2. The topological polar surface area (TPSA) is 85.3 Å². The van der Waals surface area contributed by atoms with E-state index in [9.17, 15) is 9.59 Å². The van der Waals surface area contributed by atoms with Crippen LogP contribution < -0.4 is 0 Å². The van der Waals surface area contributed by atoms with E-state index in [0.717, 1.165) is 53.0 Å². The van der Waals surface area contributed by atoms with Gasteiger partial charge in [0.2, 0.25) is 0 Å². The zero-order valence-electron chi connectivity index (χ0n) is 21.4. The number of esters is 1. The molecule has 6 rings (SSSR count). The standard InChI is InChI=1S/C32H28N2O5/c35-29(21-39-30(36)19-22-13-15-24(16-14-22)23-7-2-1-3-8-23)34-32(28-12-6-18-38-28)27-11-4-9-25(31(27)33-34)20-26-10-5-17-37-26/h1-3,5-8,10,12-18,20,27,32H,4,9,11,19,21H2. The Morgan fingerprint density at radius 3 is 2.44 bits per heavy atom. The molecule has 1 aliphatic heterocycles. The van der Waals surface area contributed by atoms with E-state index in [2.05, 4.69) is 0 Å². The number of hydrazone groups is 1. The van der Waals surface area contributed by atoms with Gasteiger partial charge in [-0.1, -0.05) is 54.6 Å². The Hall–Kier alpha value is -4.65. The van der Waals surface area contributed by atoms with Gasteiger partial charge in [0, 0.05) is 5.92 Å². The molecule has 0 radical (unpaired) electrons. The van der Waals surface area contributed by atoms with Crippen LogP contribution in [-0.2, 0) is 20.7 Å². The van der Waals surface area contributed by atoms with Crippen LogP contribution in [0.25, 0.3) is 17.2 Å². The van der Waals surface area contributed by atoms with Gasteiger partial charge < -0.3 is 13.6 Å². The first-order valence-corrected chi connectivity index (χ1v) is 13.1. The van der Waals surface area contributed by atoms with Crippen LogP contribution >= 0.6 is 0 Å². The summed E-state index contributed by atoms with van der Waals surface area (Å²) < 4.78 is 16.6. The molecular weight excluding hydrogens is 492 g/mol. The normalized spacial score (nSPS) is 19.5. The monoisotopic (exact) mass is 520 g/mol. The van der Waals surface area contributed by atoms with Crippen molar-refractivity contribution in [1.82, 2.24) is 5.01 Å². The molecule has 196 valence electrons. The molecule has 0 bridgehead atoms. The van der Waals surface area contributed by atoms with Crippen molar-refractivity contribution in [2.75, 3.05) is 6.61 Å². The number of hydrogen-bond acceptors (Lipinski definition) is 6. The third-order valence-electron chi connectivity index (χ3n) is 7.22. The van der Waals surface area contributed by atoms with E-state index >= 15 is 0 Å². The van der Waals surface area contributed by atoms with Crippen molar-refractivity contribution in [2.45, 2.75) is 31.7 Å². The lowest BCUT2D eigenvalue weighted by Gasteiger charge is -2.27. The van der Waals surface area contributed by atoms with Crippen LogP contribution in [0, 0.1) is 5.92 Å².